The molecule has 9 nitrogen and oxygen atoms in total. The molecule has 0 bridgehead atoms. The summed E-state index contributed by atoms with van der Waals surface area (Å²) in [6.07, 6.45) is 90.9. The minimum Gasteiger partial charge on any atom is -0.462 e. The SMILES string of the molecule is CCCCCCC/C=C\C/C=C\C/C=C\CCCCCCCCCCCCCCCCCCCCCCCCCCC(=O)OC(COC(=O)CCCCCCCCCCCCCCC/C=C\CCCCCCCCCC)COP(=O)(O)OCCN. The Balaban J connectivity index is 3.78. The Hall–Kier alpha value is -2.03. The predicted molar refractivity (Wildman–Crippen MR) is 367 cm³/mol. The minimum atomic E-state index is -4.39. The zero-order valence-electron chi connectivity index (χ0n) is 56.4. The van der Waals surface area contributed by atoms with Gasteiger partial charge in [-0.25, -0.2) is 4.57 Å². The second-order valence-electron chi connectivity index (χ2n) is 25.2. The van der Waals surface area contributed by atoms with Crippen LogP contribution in [0.4, 0.5) is 0 Å². The zero-order chi connectivity index (χ0) is 61.6. The predicted octanol–water partition coefficient (Wildman–Crippen LogP) is 24.4. The van der Waals surface area contributed by atoms with Crippen molar-refractivity contribution in [1.29, 1.82) is 0 Å². The summed E-state index contributed by atoms with van der Waals surface area (Å²) in [6, 6.07) is 0. The van der Waals surface area contributed by atoms with Crippen molar-refractivity contribution in [2.75, 3.05) is 26.4 Å². The zero-order valence-corrected chi connectivity index (χ0v) is 57.3. The number of nitrogens with two attached hydrogens (primary N) is 1. The maximum absolute atomic E-state index is 12.8. The molecule has 0 spiro atoms. The first kappa shape index (κ1) is 83.0. The van der Waals surface area contributed by atoms with E-state index in [1.54, 1.807) is 0 Å². The van der Waals surface area contributed by atoms with Crippen molar-refractivity contribution < 1.29 is 37.6 Å². The van der Waals surface area contributed by atoms with E-state index in [0.29, 0.717) is 6.42 Å². The Morgan fingerprint density at radius 2 is 0.612 bits per heavy atom. The van der Waals surface area contributed by atoms with Crippen LogP contribution in [0.25, 0.3) is 0 Å². The average Bonchev–Trinajstić information content (AvgIpc) is 3.53. The Morgan fingerprint density at radius 3 is 0.918 bits per heavy atom. The number of rotatable bonds is 71. The summed E-state index contributed by atoms with van der Waals surface area (Å²) in [6.45, 7) is 3.80. The quantitative estimate of drug-likeness (QED) is 0.0264. The summed E-state index contributed by atoms with van der Waals surface area (Å²) in [5.74, 6) is -0.806. The average molecular weight is 1220 g/mol. The molecule has 0 saturated heterocycles. The van der Waals surface area contributed by atoms with Crippen LogP contribution < -0.4 is 5.73 Å². The molecule has 85 heavy (non-hydrogen) atoms. The van der Waals surface area contributed by atoms with Gasteiger partial charge in [-0.15, -0.1) is 0 Å². The van der Waals surface area contributed by atoms with Crippen LogP contribution in [0.3, 0.4) is 0 Å². The largest absolute Gasteiger partial charge is 0.472 e. The summed E-state index contributed by atoms with van der Waals surface area (Å²) >= 11 is 0. The first-order valence-corrected chi connectivity index (χ1v) is 38.6. The van der Waals surface area contributed by atoms with E-state index in [1.165, 1.54) is 308 Å². The van der Waals surface area contributed by atoms with E-state index >= 15 is 0 Å². The molecule has 0 rings (SSSR count). The van der Waals surface area contributed by atoms with Gasteiger partial charge in [-0.05, 0) is 77.0 Å². The molecule has 0 saturated carbocycles. The highest BCUT2D eigenvalue weighted by atomic mass is 31.2. The summed E-state index contributed by atoms with van der Waals surface area (Å²) in [5, 5.41) is 0. The van der Waals surface area contributed by atoms with Crippen molar-refractivity contribution in [3.05, 3.63) is 48.6 Å². The molecule has 0 fully saturated rings. The van der Waals surface area contributed by atoms with Crippen molar-refractivity contribution >= 4 is 19.8 Å². The van der Waals surface area contributed by atoms with E-state index in [2.05, 4.69) is 62.5 Å². The molecule has 0 aromatic carbocycles. The van der Waals surface area contributed by atoms with E-state index in [4.69, 9.17) is 24.3 Å². The lowest BCUT2D eigenvalue weighted by Gasteiger charge is -2.19. The Morgan fingerprint density at radius 1 is 0.353 bits per heavy atom. The molecule has 2 unspecified atom stereocenters. The van der Waals surface area contributed by atoms with Crippen LogP contribution >= 0.6 is 7.82 Å². The third kappa shape index (κ3) is 70.9. The molecule has 2 atom stereocenters. The Bertz CT molecular complexity index is 1530. The molecule has 0 heterocycles. The number of carbonyl (C=O) groups is 2. The number of hydrogen-bond donors (Lipinski definition) is 2. The van der Waals surface area contributed by atoms with Crippen molar-refractivity contribution in [2.24, 2.45) is 5.73 Å². The minimum absolute atomic E-state index is 0.0555. The topological polar surface area (TPSA) is 134 Å². The van der Waals surface area contributed by atoms with Crippen LogP contribution in [0, 0.1) is 0 Å². The lowest BCUT2D eigenvalue weighted by Crippen LogP contribution is -2.29. The van der Waals surface area contributed by atoms with Gasteiger partial charge >= 0.3 is 19.8 Å². The second-order valence-corrected chi connectivity index (χ2v) is 26.6. The highest BCUT2D eigenvalue weighted by Gasteiger charge is 2.26. The Kier molecular flexibility index (Phi) is 69.4. The molecular weight excluding hydrogens is 1070 g/mol. The molecule has 0 aliphatic rings. The van der Waals surface area contributed by atoms with Crippen molar-refractivity contribution in [1.82, 2.24) is 0 Å². The Labute approximate surface area is 527 Å². The summed E-state index contributed by atoms with van der Waals surface area (Å²) in [4.78, 5) is 35.4. The monoisotopic (exact) mass is 1220 g/mol. The van der Waals surface area contributed by atoms with Gasteiger partial charge in [-0.3, -0.25) is 18.6 Å². The number of esters is 2. The van der Waals surface area contributed by atoms with Gasteiger partial charge in [0.2, 0.25) is 0 Å². The van der Waals surface area contributed by atoms with Crippen LogP contribution in [0.15, 0.2) is 48.6 Å². The summed E-state index contributed by atoms with van der Waals surface area (Å²) in [7, 11) is -4.39. The maximum atomic E-state index is 12.8. The van der Waals surface area contributed by atoms with Gasteiger partial charge in [0.05, 0.1) is 13.2 Å². The van der Waals surface area contributed by atoms with Crippen molar-refractivity contribution in [2.45, 2.75) is 392 Å². The molecule has 0 aliphatic carbocycles. The fourth-order valence-corrected chi connectivity index (χ4v) is 11.9. The van der Waals surface area contributed by atoms with Gasteiger partial charge < -0.3 is 20.1 Å². The van der Waals surface area contributed by atoms with Crippen LogP contribution in [0.2, 0.25) is 0 Å². The van der Waals surface area contributed by atoms with E-state index in [0.717, 1.165) is 44.9 Å². The van der Waals surface area contributed by atoms with Crippen LogP contribution in [-0.2, 0) is 32.7 Å². The second kappa shape index (κ2) is 71.1. The molecule has 0 amide bonds. The van der Waals surface area contributed by atoms with Crippen molar-refractivity contribution in [3.8, 4) is 0 Å². The van der Waals surface area contributed by atoms with Gasteiger partial charge in [0, 0.05) is 19.4 Å². The fourth-order valence-electron chi connectivity index (χ4n) is 11.2. The van der Waals surface area contributed by atoms with Crippen LogP contribution in [0.1, 0.15) is 386 Å². The third-order valence-electron chi connectivity index (χ3n) is 16.7. The van der Waals surface area contributed by atoms with Gasteiger partial charge in [0.15, 0.2) is 6.10 Å². The van der Waals surface area contributed by atoms with Crippen LogP contribution in [0.5, 0.6) is 0 Å². The van der Waals surface area contributed by atoms with E-state index in [9.17, 15) is 19.0 Å². The van der Waals surface area contributed by atoms with Gasteiger partial charge in [-0.2, -0.15) is 0 Å². The molecule has 0 radical (unpaired) electrons. The third-order valence-corrected chi connectivity index (χ3v) is 17.7. The normalized spacial score (nSPS) is 13.1. The highest BCUT2D eigenvalue weighted by Crippen LogP contribution is 2.43. The number of hydrogen-bond acceptors (Lipinski definition) is 8. The highest BCUT2D eigenvalue weighted by molar-refractivity contribution is 7.47. The fraction of sp³-hybridized carbons (Fsp3) is 0.867. The number of phosphoric acid groups is 1. The number of ether oxygens (including phenoxy) is 2. The standard InChI is InChI=1S/C75H142NO8P/c1-3-5-7-9-11-13-15-17-19-21-23-25-27-29-30-31-32-33-34-35-36-37-38-39-40-41-42-44-46-48-50-52-54-56-58-60-62-64-66-68-75(78)84-73(72-83-85(79,80)82-70-69-76)71-81-74(77)67-65-63-61-59-57-55-53-51-49-47-45-43-28-26-24-22-20-18-16-14-12-10-8-6-4-2/h15,17,21-24,27,29,73H,3-14,16,18-20,25-26,28,30-72,76H2,1-2H3,(H,79,80)/b17-15-,23-21-,24-22-,29-27-. The smallest absolute Gasteiger partial charge is 0.462 e. The molecular formula is C75H142NO8P. The molecule has 500 valence electrons. The molecule has 10 heteroatoms. The number of carbonyl (C=O) groups excluding carboxylic acids is 2. The molecule has 0 aromatic heterocycles. The first-order chi connectivity index (χ1) is 41.8. The lowest BCUT2D eigenvalue weighted by molar-refractivity contribution is -0.161. The van der Waals surface area contributed by atoms with Gasteiger partial charge in [0.1, 0.15) is 6.61 Å². The van der Waals surface area contributed by atoms with E-state index < -0.39 is 26.5 Å². The summed E-state index contributed by atoms with van der Waals surface area (Å²) in [5.41, 5.74) is 5.41. The first-order valence-electron chi connectivity index (χ1n) is 37.1. The maximum Gasteiger partial charge on any atom is 0.472 e. The summed E-state index contributed by atoms with van der Waals surface area (Å²) < 4.78 is 33.2. The lowest BCUT2D eigenvalue weighted by atomic mass is 10.0. The van der Waals surface area contributed by atoms with Gasteiger partial charge in [0.25, 0.3) is 0 Å². The molecule has 0 aromatic rings. The number of phosphoric ester groups is 1. The van der Waals surface area contributed by atoms with Gasteiger partial charge in [-0.1, -0.05) is 345 Å². The number of unbranched alkanes of at least 4 members (excludes halogenated alkanes) is 50. The van der Waals surface area contributed by atoms with E-state index in [-0.39, 0.29) is 38.6 Å². The van der Waals surface area contributed by atoms with E-state index in [1.807, 2.05) is 0 Å². The molecule has 3 N–H and O–H groups in total. The number of allylic oxidation sites excluding steroid dienone is 8. The molecule has 0 aliphatic heterocycles. The van der Waals surface area contributed by atoms with Crippen molar-refractivity contribution in [3.63, 3.8) is 0 Å². The van der Waals surface area contributed by atoms with Crippen LogP contribution in [-0.4, -0.2) is 49.3 Å².